The van der Waals surface area contributed by atoms with Gasteiger partial charge in [0.1, 0.15) is 0 Å². The first kappa shape index (κ1) is 9.27. The summed E-state index contributed by atoms with van der Waals surface area (Å²) < 4.78 is 4.91. The maximum atomic E-state index is 11.5. The zero-order chi connectivity index (χ0) is 9.80. The molecule has 14 heavy (non-hydrogen) atoms. The maximum absolute atomic E-state index is 11.5. The van der Waals surface area contributed by atoms with E-state index >= 15 is 0 Å². The Kier molecular flexibility index (Phi) is 2.84. The lowest BCUT2D eigenvalue weighted by atomic mass is 10.2. The van der Waals surface area contributed by atoms with E-state index in [0.29, 0.717) is 6.54 Å². The number of carbonyl (C=O) groups excluding carboxylic acids is 1. The summed E-state index contributed by atoms with van der Waals surface area (Å²) in [6, 6.07) is 1.85. The molecule has 0 spiro atoms. The van der Waals surface area contributed by atoms with E-state index in [1.807, 2.05) is 6.07 Å². The SMILES string of the molecule is O=C(NCc1ccoc1)C1CCCN1. The Morgan fingerprint density at radius 3 is 3.29 bits per heavy atom. The van der Waals surface area contributed by atoms with Gasteiger partial charge in [-0.25, -0.2) is 0 Å². The Hall–Kier alpha value is -1.29. The second-order valence-corrected chi connectivity index (χ2v) is 3.50. The van der Waals surface area contributed by atoms with Crippen molar-refractivity contribution in [1.82, 2.24) is 10.6 Å². The Bertz CT molecular complexity index is 289. The third kappa shape index (κ3) is 2.14. The van der Waals surface area contributed by atoms with Crippen molar-refractivity contribution >= 4 is 5.91 Å². The van der Waals surface area contributed by atoms with Crippen molar-refractivity contribution in [3.63, 3.8) is 0 Å². The molecule has 76 valence electrons. The quantitative estimate of drug-likeness (QED) is 0.742. The predicted octanol–water partition coefficient (Wildman–Crippen LogP) is 0.648. The molecule has 2 heterocycles. The van der Waals surface area contributed by atoms with Crippen LogP contribution in [0.4, 0.5) is 0 Å². The number of amides is 1. The van der Waals surface area contributed by atoms with Gasteiger partial charge in [0, 0.05) is 12.1 Å². The van der Waals surface area contributed by atoms with Gasteiger partial charge in [0.05, 0.1) is 18.6 Å². The molecule has 1 aliphatic rings. The van der Waals surface area contributed by atoms with Crippen molar-refractivity contribution in [3.05, 3.63) is 24.2 Å². The fraction of sp³-hybridized carbons (Fsp3) is 0.500. The van der Waals surface area contributed by atoms with Crippen molar-refractivity contribution < 1.29 is 9.21 Å². The van der Waals surface area contributed by atoms with Gasteiger partial charge in [-0.2, -0.15) is 0 Å². The summed E-state index contributed by atoms with van der Waals surface area (Å²) in [5.41, 5.74) is 0.997. The lowest BCUT2D eigenvalue weighted by molar-refractivity contribution is -0.122. The van der Waals surface area contributed by atoms with Gasteiger partial charge in [0.2, 0.25) is 5.91 Å². The molecule has 1 fully saturated rings. The third-order valence-electron chi connectivity index (χ3n) is 2.42. The molecule has 4 heteroatoms. The minimum Gasteiger partial charge on any atom is -0.472 e. The van der Waals surface area contributed by atoms with Gasteiger partial charge in [0.15, 0.2) is 0 Å². The highest BCUT2D eigenvalue weighted by atomic mass is 16.3. The number of hydrogen-bond donors (Lipinski definition) is 2. The molecule has 0 saturated carbocycles. The van der Waals surface area contributed by atoms with Crippen molar-refractivity contribution in [1.29, 1.82) is 0 Å². The Labute approximate surface area is 82.7 Å². The highest BCUT2D eigenvalue weighted by Gasteiger charge is 2.21. The minimum atomic E-state index is 0.00176. The van der Waals surface area contributed by atoms with Crippen LogP contribution >= 0.6 is 0 Å². The largest absolute Gasteiger partial charge is 0.472 e. The van der Waals surface area contributed by atoms with Crippen LogP contribution in [0.3, 0.4) is 0 Å². The molecule has 0 aromatic carbocycles. The molecule has 1 aromatic heterocycles. The van der Waals surface area contributed by atoms with Crippen LogP contribution in [-0.4, -0.2) is 18.5 Å². The Balaban J connectivity index is 1.77. The van der Waals surface area contributed by atoms with Gasteiger partial charge in [-0.1, -0.05) is 0 Å². The maximum Gasteiger partial charge on any atom is 0.237 e. The van der Waals surface area contributed by atoms with E-state index in [1.165, 1.54) is 0 Å². The molecule has 0 aliphatic carbocycles. The summed E-state index contributed by atoms with van der Waals surface area (Å²) in [4.78, 5) is 11.5. The van der Waals surface area contributed by atoms with E-state index in [1.54, 1.807) is 12.5 Å². The molecule has 4 nitrogen and oxygen atoms in total. The predicted molar refractivity (Wildman–Crippen MR) is 51.6 cm³/mol. The molecule has 1 saturated heterocycles. The number of nitrogens with one attached hydrogen (secondary N) is 2. The molecule has 0 bridgehead atoms. The van der Waals surface area contributed by atoms with E-state index in [-0.39, 0.29) is 11.9 Å². The molecule has 1 aromatic rings. The monoisotopic (exact) mass is 194 g/mol. The summed E-state index contributed by atoms with van der Waals surface area (Å²) in [6.45, 7) is 1.50. The van der Waals surface area contributed by atoms with E-state index < -0.39 is 0 Å². The van der Waals surface area contributed by atoms with Gasteiger partial charge < -0.3 is 15.1 Å². The number of rotatable bonds is 3. The van der Waals surface area contributed by atoms with Crippen LogP contribution in [0.25, 0.3) is 0 Å². The van der Waals surface area contributed by atoms with Crippen molar-refractivity contribution in [2.75, 3.05) is 6.54 Å². The van der Waals surface area contributed by atoms with Crippen LogP contribution in [0.5, 0.6) is 0 Å². The second-order valence-electron chi connectivity index (χ2n) is 3.50. The molecular formula is C10H14N2O2. The van der Waals surface area contributed by atoms with Crippen molar-refractivity contribution in [2.45, 2.75) is 25.4 Å². The van der Waals surface area contributed by atoms with E-state index in [4.69, 9.17) is 4.42 Å². The van der Waals surface area contributed by atoms with Crippen molar-refractivity contribution in [2.24, 2.45) is 0 Å². The second kappa shape index (κ2) is 4.28. The third-order valence-corrected chi connectivity index (χ3v) is 2.42. The minimum absolute atomic E-state index is 0.00176. The zero-order valence-corrected chi connectivity index (χ0v) is 7.95. The van der Waals surface area contributed by atoms with Gasteiger partial charge in [-0.15, -0.1) is 0 Å². The first-order valence-electron chi connectivity index (χ1n) is 4.88. The average Bonchev–Trinajstić information content (AvgIpc) is 2.87. The van der Waals surface area contributed by atoms with Crippen LogP contribution in [0, 0.1) is 0 Å². The molecular weight excluding hydrogens is 180 g/mol. The van der Waals surface area contributed by atoms with E-state index in [9.17, 15) is 4.79 Å². The summed E-state index contributed by atoms with van der Waals surface area (Å²) in [5, 5.41) is 6.02. The fourth-order valence-electron chi connectivity index (χ4n) is 1.61. The van der Waals surface area contributed by atoms with Crippen LogP contribution in [-0.2, 0) is 11.3 Å². The molecule has 1 aliphatic heterocycles. The smallest absolute Gasteiger partial charge is 0.237 e. The van der Waals surface area contributed by atoms with Gasteiger partial charge in [-0.3, -0.25) is 4.79 Å². The zero-order valence-electron chi connectivity index (χ0n) is 7.95. The normalized spacial score (nSPS) is 21.0. The van der Waals surface area contributed by atoms with Crippen LogP contribution in [0.1, 0.15) is 18.4 Å². The van der Waals surface area contributed by atoms with Gasteiger partial charge >= 0.3 is 0 Å². The Morgan fingerprint density at radius 1 is 1.71 bits per heavy atom. The van der Waals surface area contributed by atoms with Crippen molar-refractivity contribution in [3.8, 4) is 0 Å². The van der Waals surface area contributed by atoms with Gasteiger partial charge in [0.25, 0.3) is 0 Å². The van der Waals surface area contributed by atoms with Crippen LogP contribution in [0.15, 0.2) is 23.0 Å². The first-order valence-corrected chi connectivity index (χ1v) is 4.88. The lowest BCUT2D eigenvalue weighted by Gasteiger charge is -2.09. The number of carbonyl (C=O) groups is 1. The molecule has 1 amide bonds. The lowest BCUT2D eigenvalue weighted by Crippen LogP contribution is -2.39. The van der Waals surface area contributed by atoms with Gasteiger partial charge in [-0.05, 0) is 25.5 Å². The van der Waals surface area contributed by atoms with Crippen LogP contribution in [0.2, 0.25) is 0 Å². The highest BCUT2D eigenvalue weighted by Crippen LogP contribution is 2.05. The highest BCUT2D eigenvalue weighted by molar-refractivity contribution is 5.81. The molecule has 1 atom stereocenters. The Morgan fingerprint density at radius 2 is 2.64 bits per heavy atom. The number of furan rings is 1. The van der Waals surface area contributed by atoms with Crippen LogP contribution < -0.4 is 10.6 Å². The first-order chi connectivity index (χ1) is 6.86. The topological polar surface area (TPSA) is 54.3 Å². The molecule has 1 unspecified atom stereocenters. The number of hydrogen-bond acceptors (Lipinski definition) is 3. The summed E-state index contributed by atoms with van der Waals surface area (Å²) in [5.74, 6) is 0.0868. The summed E-state index contributed by atoms with van der Waals surface area (Å²) >= 11 is 0. The summed E-state index contributed by atoms with van der Waals surface area (Å²) in [7, 11) is 0. The standard InChI is InChI=1S/C10H14N2O2/c13-10(9-2-1-4-11-9)12-6-8-3-5-14-7-8/h3,5,7,9,11H,1-2,4,6H2,(H,12,13). The summed E-state index contributed by atoms with van der Waals surface area (Å²) in [6.07, 6.45) is 5.28. The average molecular weight is 194 g/mol. The molecule has 2 N–H and O–H groups in total. The molecule has 2 rings (SSSR count). The van der Waals surface area contributed by atoms with E-state index in [0.717, 1.165) is 24.9 Å². The van der Waals surface area contributed by atoms with E-state index in [2.05, 4.69) is 10.6 Å². The molecule has 0 radical (unpaired) electrons. The fourth-order valence-corrected chi connectivity index (χ4v) is 1.61.